The molecule has 0 N–H and O–H groups in total. The van der Waals surface area contributed by atoms with Crippen LogP contribution in [0, 0.1) is 6.92 Å². The lowest BCUT2D eigenvalue weighted by Gasteiger charge is -2.04. The van der Waals surface area contributed by atoms with E-state index < -0.39 is 11.9 Å². The van der Waals surface area contributed by atoms with Crippen molar-refractivity contribution in [2.24, 2.45) is 4.99 Å². The van der Waals surface area contributed by atoms with Gasteiger partial charge in [-0.15, -0.1) is 11.3 Å². The summed E-state index contributed by atoms with van der Waals surface area (Å²) < 4.78 is 11.6. The molecule has 0 atom stereocenters. The average Bonchev–Trinajstić information content (AvgIpc) is 3.00. The van der Waals surface area contributed by atoms with Crippen LogP contribution in [0.5, 0.6) is 0 Å². The van der Waals surface area contributed by atoms with Crippen molar-refractivity contribution in [3.63, 3.8) is 0 Å². The van der Waals surface area contributed by atoms with E-state index in [2.05, 4.69) is 4.99 Å². The largest absolute Gasteiger partial charge is 0.454 e. The zero-order valence-corrected chi connectivity index (χ0v) is 14.5. The van der Waals surface area contributed by atoms with Crippen LogP contribution >= 0.6 is 11.3 Å². The third kappa shape index (κ3) is 5.75. The van der Waals surface area contributed by atoms with Crippen molar-refractivity contribution in [2.75, 3.05) is 19.8 Å². The first-order chi connectivity index (χ1) is 11.6. The first kappa shape index (κ1) is 18.1. The molecule has 0 bridgehead atoms. The quantitative estimate of drug-likeness (QED) is 0.717. The fourth-order valence-corrected chi connectivity index (χ4v) is 2.65. The molecule has 1 aromatic carbocycles. The highest BCUT2D eigenvalue weighted by Crippen LogP contribution is 2.05. The fourth-order valence-electron chi connectivity index (χ4n) is 1.91. The van der Waals surface area contributed by atoms with Gasteiger partial charge in [0.2, 0.25) is 0 Å². The van der Waals surface area contributed by atoms with E-state index in [1.54, 1.807) is 6.92 Å². The van der Waals surface area contributed by atoms with Crippen LogP contribution in [0.25, 0.3) is 0 Å². The molecule has 7 heteroatoms. The molecule has 0 aliphatic rings. The summed E-state index contributed by atoms with van der Waals surface area (Å²) in [4.78, 5) is 27.7. The van der Waals surface area contributed by atoms with E-state index in [1.165, 1.54) is 16.9 Å². The van der Waals surface area contributed by atoms with Crippen LogP contribution in [0.3, 0.4) is 0 Å². The summed E-state index contributed by atoms with van der Waals surface area (Å²) in [5, 5.41) is 1.86. The predicted molar refractivity (Wildman–Crippen MR) is 90.6 cm³/mol. The first-order valence-corrected chi connectivity index (χ1v) is 8.47. The Morgan fingerprint density at radius 3 is 2.67 bits per heavy atom. The highest BCUT2D eigenvalue weighted by atomic mass is 32.1. The van der Waals surface area contributed by atoms with Crippen molar-refractivity contribution < 1.29 is 19.1 Å². The Balaban J connectivity index is 1.97. The fraction of sp³-hybridized carbons (Fsp3) is 0.353. The van der Waals surface area contributed by atoms with Gasteiger partial charge in [-0.25, -0.2) is 4.79 Å². The Kier molecular flexibility index (Phi) is 6.89. The Labute approximate surface area is 144 Å². The smallest absolute Gasteiger partial charge is 0.332 e. The minimum absolute atomic E-state index is 0.157. The number of rotatable bonds is 7. The Hall–Kier alpha value is -2.25. The lowest BCUT2D eigenvalue weighted by atomic mass is 10.1. The van der Waals surface area contributed by atoms with Crippen molar-refractivity contribution in [1.82, 2.24) is 4.57 Å². The molecule has 0 unspecified atom stereocenters. The number of carbonyl (C=O) groups is 2. The lowest BCUT2D eigenvalue weighted by Crippen LogP contribution is -2.21. The van der Waals surface area contributed by atoms with Crippen LogP contribution in [0.2, 0.25) is 0 Å². The van der Waals surface area contributed by atoms with Gasteiger partial charge < -0.3 is 14.0 Å². The van der Waals surface area contributed by atoms with Crippen LogP contribution in [0.15, 0.2) is 40.8 Å². The van der Waals surface area contributed by atoms with Crippen LogP contribution < -0.4 is 4.80 Å². The number of esters is 1. The summed E-state index contributed by atoms with van der Waals surface area (Å²) in [6.07, 6.45) is 1.87. The third-order valence-corrected chi connectivity index (χ3v) is 3.93. The Morgan fingerprint density at radius 2 is 1.96 bits per heavy atom. The zero-order valence-electron chi connectivity index (χ0n) is 13.7. The second-order valence-corrected chi connectivity index (χ2v) is 5.98. The SMILES string of the molecule is CCOCC(=O)OCC(=O)N=c1sccn1Cc1ccc(C)cc1. The average molecular weight is 348 g/mol. The Bertz CT molecular complexity index is 746. The van der Waals surface area contributed by atoms with E-state index in [4.69, 9.17) is 9.47 Å². The molecule has 1 amide bonds. The summed E-state index contributed by atoms with van der Waals surface area (Å²) in [7, 11) is 0. The number of amides is 1. The van der Waals surface area contributed by atoms with E-state index in [9.17, 15) is 9.59 Å². The molecule has 0 spiro atoms. The number of hydrogen-bond acceptors (Lipinski definition) is 5. The molecule has 2 rings (SSSR count). The first-order valence-electron chi connectivity index (χ1n) is 7.59. The van der Waals surface area contributed by atoms with Crippen molar-refractivity contribution in [1.29, 1.82) is 0 Å². The van der Waals surface area contributed by atoms with Crippen LogP contribution in [0.4, 0.5) is 0 Å². The molecule has 6 nitrogen and oxygen atoms in total. The van der Waals surface area contributed by atoms with E-state index in [1.807, 2.05) is 47.3 Å². The molecule has 1 heterocycles. The molecular weight excluding hydrogens is 328 g/mol. The number of ether oxygens (including phenoxy) is 2. The highest BCUT2D eigenvalue weighted by Gasteiger charge is 2.07. The topological polar surface area (TPSA) is 69.9 Å². The monoisotopic (exact) mass is 348 g/mol. The summed E-state index contributed by atoms with van der Waals surface area (Å²) in [5.74, 6) is -1.07. The van der Waals surface area contributed by atoms with Gasteiger partial charge in [-0.2, -0.15) is 4.99 Å². The van der Waals surface area contributed by atoms with Gasteiger partial charge in [0.1, 0.15) is 6.61 Å². The van der Waals surface area contributed by atoms with Gasteiger partial charge in [0.15, 0.2) is 11.4 Å². The Morgan fingerprint density at radius 1 is 1.21 bits per heavy atom. The van der Waals surface area contributed by atoms with Crippen molar-refractivity contribution in [3.05, 3.63) is 51.8 Å². The number of thiazole rings is 1. The summed E-state index contributed by atoms with van der Waals surface area (Å²) in [5.41, 5.74) is 2.32. The maximum Gasteiger partial charge on any atom is 0.332 e. The number of hydrogen-bond donors (Lipinski definition) is 0. The summed E-state index contributed by atoms with van der Waals surface area (Å²) in [6, 6.07) is 8.17. The molecule has 0 saturated heterocycles. The molecule has 24 heavy (non-hydrogen) atoms. The van der Waals surface area contributed by atoms with Crippen LogP contribution in [-0.4, -0.2) is 36.3 Å². The number of carbonyl (C=O) groups excluding carboxylic acids is 2. The second kappa shape index (κ2) is 9.14. The zero-order chi connectivity index (χ0) is 17.4. The van der Waals surface area contributed by atoms with Gasteiger partial charge in [-0.05, 0) is 19.4 Å². The third-order valence-electron chi connectivity index (χ3n) is 3.13. The van der Waals surface area contributed by atoms with E-state index in [0.29, 0.717) is 18.0 Å². The lowest BCUT2D eigenvalue weighted by molar-refractivity contribution is -0.152. The van der Waals surface area contributed by atoms with Gasteiger partial charge >= 0.3 is 5.97 Å². The normalized spacial score (nSPS) is 11.5. The molecule has 0 fully saturated rings. The number of benzene rings is 1. The molecule has 0 aliphatic carbocycles. The van der Waals surface area contributed by atoms with Crippen molar-refractivity contribution in [2.45, 2.75) is 20.4 Å². The highest BCUT2D eigenvalue weighted by molar-refractivity contribution is 7.07. The van der Waals surface area contributed by atoms with Gasteiger partial charge in [0.25, 0.3) is 5.91 Å². The van der Waals surface area contributed by atoms with Gasteiger partial charge in [-0.1, -0.05) is 29.8 Å². The van der Waals surface area contributed by atoms with Gasteiger partial charge in [0.05, 0.1) is 0 Å². The van der Waals surface area contributed by atoms with Crippen LogP contribution in [-0.2, 0) is 25.6 Å². The maximum atomic E-state index is 11.8. The van der Waals surface area contributed by atoms with E-state index in [-0.39, 0.29) is 13.2 Å². The number of nitrogens with zero attached hydrogens (tertiary/aromatic N) is 2. The second-order valence-electron chi connectivity index (χ2n) is 5.10. The summed E-state index contributed by atoms with van der Waals surface area (Å²) >= 11 is 1.36. The molecule has 0 radical (unpaired) electrons. The van der Waals surface area contributed by atoms with Crippen molar-refractivity contribution >= 4 is 23.2 Å². The van der Waals surface area contributed by atoms with E-state index in [0.717, 1.165) is 5.56 Å². The summed E-state index contributed by atoms with van der Waals surface area (Å²) in [6.45, 7) is 4.32. The molecule has 128 valence electrons. The van der Waals surface area contributed by atoms with E-state index >= 15 is 0 Å². The maximum absolute atomic E-state index is 11.8. The standard InChI is InChI=1S/C17H20N2O4S/c1-3-22-12-16(21)23-11-15(20)18-17-19(8-9-24-17)10-14-6-4-13(2)5-7-14/h4-9H,3,10-12H2,1-2H3. The van der Waals surface area contributed by atoms with Crippen molar-refractivity contribution in [3.8, 4) is 0 Å². The van der Waals surface area contributed by atoms with Crippen LogP contribution in [0.1, 0.15) is 18.1 Å². The van der Waals surface area contributed by atoms with Gasteiger partial charge in [-0.3, -0.25) is 4.79 Å². The molecule has 2 aromatic rings. The molecule has 1 aromatic heterocycles. The van der Waals surface area contributed by atoms with Gasteiger partial charge in [0, 0.05) is 24.7 Å². The molecule has 0 aliphatic heterocycles. The number of aromatic nitrogens is 1. The predicted octanol–water partition coefficient (Wildman–Crippen LogP) is 1.91. The minimum Gasteiger partial charge on any atom is -0.454 e. The molecular formula is C17H20N2O4S. The molecule has 0 saturated carbocycles. The minimum atomic E-state index is -0.570. The number of aryl methyl sites for hydroxylation is 1.